The number of nitrogens with one attached hydrogen (secondary N) is 1. The van der Waals surface area contributed by atoms with E-state index in [1.807, 2.05) is 39.0 Å². The molecule has 0 heterocycles. The molecule has 4 nitrogen and oxygen atoms in total. The third kappa shape index (κ3) is 3.25. The van der Waals surface area contributed by atoms with Crippen molar-refractivity contribution in [1.82, 2.24) is 0 Å². The smallest absolute Gasteiger partial charge is 0.265 e. The van der Waals surface area contributed by atoms with Crippen molar-refractivity contribution in [2.24, 2.45) is 0 Å². The molecule has 0 unspecified atom stereocenters. The van der Waals surface area contributed by atoms with Gasteiger partial charge in [0.05, 0.1) is 12.8 Å². The van der Waals surface area contributed by atoms with Gasteiger partial charge in [-0.15, -0.1) is 0 Å². The number of para-hydroxylation sites is 1. The van der Waals surface area contributed by atoms with Gasteiger partial charge in [-0.3, -0.25) is 4.72 Å². The molecule has 0 fully saturated rings. The second kappa shape index (κ2) is 6.40. The van der Waals surface area contributed by atoms with Crippen LogP contribution < -0.4 is 9.46 Å². The summed E-state index contributed by atoms with van der Waals surface area (Å²) in [4.78, 5) is 0.144. The standard InChI is InChI=1S/C17H21NO3S/c1-5-14-8-6-7-13(3)17(14)18-22(19,20)16-10-9-12(2)11-15(16)21-4/h6-11,18H,5H2,1-4H3. The average Bonchev–Trinajstić information content (AvgIpc) is 2.48. The second-order valence-corrected chi connectivity index (χ2v) is 6.87. The minimum atomic E-state index is -3.70. The van der Waals surface area contributed by atoms with E-state index in [2.05, 4.69) is 4.72 Å². The molecule has 22 heavy (non-hydrogen) atoms. The molecule has 2 aromatic rings. The third-order valence-electron chi connectivity index (χ3n) is 3.59. The zero-order valence-electron chi connectivity index (χ0n) is 13.3. The summed E-state index contributed by atoms with van der Waals surface area (Å²) in [5, 5.41) is 0. The first-order valence-electron chi connectivity index (χ1n) is 7.15. The van der Waals surface area contributed by atoms with Gasteiger partial charge < -0.3 is 4.74 Å². The maximum Gasteiger partial charge on any atom is 0.265 e. The highest BCUT2D eigenvalue weighted by Crippen LogP contribution is 2.29. The highest BCUT2D eigenvalue weighted by Gasteiger charge is 2.21. The zero-order chi connectivity index (χ0) is 16.3. The monoisotopic (exact) mass is 319 g/mol. The molecule has 0 saturated carbocycles. The van der Waals surface area contributed by atoms with Crippen molar-refractivity contribution in [1.29, 1.82) is 0 Å². The molecule has 0 bridgehead atoms. The molecular weight excluding hydrogens is 298 g/mol. The number of rotatable bonds is 5. The Labute approximate surface area is 132 Å². The van der Waals surface area contributed by atoms with Crippen LogP contribution in [-0.4, -0.2) is 15.5 Å². The van der Waals surface area contributed by atoms with Gasteiger partial charge in [0.2, 0.25) is 0 Å². The number of benzene rings is 2. The van der Waals surface area contributed by atoms with Crippen LogP contribution >= 0.6 is 0 Å². The van der Waals surface area contributed by atoms with E-state index >= 15 is 0 Å². The van der Waals surface area contributed by atoms with Crippen LogP contribution in [0.5, 0.6) is 5.75 Å². The number of hydrogen-bond acceptors (Lipinski definition) is 3. The lowest BCUT2D eigenvalue weighted by Crippen LogP contribution is -2.16. The lowest BCUT2D eigenvalue weighted by molar-refractivity contribution is 0.402. The Hall–Kier alpha value is -2.01. The molecule has 2 aromatic carbocycles. The highest BCUT2D eigenvalue weighted by atomic mass is 32.2. The molecule has 0 spiro atoms. The summed E-state index contributed by atoms with van der Waals surface area (Å²) in [6.45, 7) is 5.78. The molecule has 1 N–H and O–H groups in total. The Morgan fingerprint density at radius 2 is 1.86 bits per heavy atom. The fourth-order valence-electron chi connectivity index (χ4n) is 2.36. The van der Waals surface area contributed by atoms with Gasteiger partial charge in [-0.05, 0) is 49.1 Å². The van der Waals surface area contributed by atoms with Gasteiger partial charge in [-0.1, -0.05) is 31.2 Å². The quantitative estimate of drug-likeness (QED) is 0.914. The van der Waals surface area contributed by atoms with Crippen molar-refractivity contribution < 1.29 is 13.2 Å². The van der Waals surface area contributed by atoms with Gasteiger partial charge in [0.25, 0.3) is 10.0 Å². The highest BCUT2D eigenvalue weighted by molar-refractivity contribution is 7.92. The van der Waals surface area contributed by atoms with E-state index in [0.29, 0.717) is 11.4 Å². The molecule has 0 aliphatic heterocycles. The number of hydrogen-bond donors (Lipinski definition) is 1. The topological polar surface area (TPSA) is 55.4 Å². The lowest BCUT2D eigenvalue weighted by Gasteiger charge is -2.16. The van der Waals surface area contributed by atoms with Gasteiger partial charge >= 0.3 is 0 Å². The predicted octanol–water partition coefficient (Wildman–Crippen LogP) is 3.68. The first-order chi connectivity index (χ1) is 10.4. The summed E-state index contributed by atoms with van der Waals surface area (Å²) in [6, 6.07) is 10.8. The zero-order valence-corrected chi connectivity index (χ0v) is 14.1. The van der Waals surface area contributed by atoms with E-state index in [0.717, 1.165) is 23.1 Å². The largest absolute Gasteiger partial charge is 0.495 e. The molecule has 0 saturated heterocycles. The molecule has 118 valence electrons. The first kappa shape index (κ1) is 16.4. The van der Waals surface area contributed by atoms with Crippen LogP contribution in [0.15, 0.2) is 41.3 Å². The number of anilines is 1. The van der Waals surface area contributed by atoms with Crippen LogP contribution in [0, 0.1) is 13.8 Å². The van der Waals surface area contributed by atoms with Crippen molar-refractivity contribution in [2.45, 2.75) is 32.1 Å². The van der Waals surface area contributed by atoms with Crippen LogP contribution in [0.25, 0.3) is 0 Å². The summed E-state index contributed by atoms with van der Waals surface area (Å²) in [7, 11) is -2.23. The van der Waals surface area contributed by atoms with Crippen LogP contribution in [0.2, 0.25) is 0 Å². The molecular formula is C17H21NO3S. The van der Waals surface area contributed by atoms with E-state index in [1.165, 1.54) is 7.11 Å². The molecule has 0 atom stereocenters. The summed E-state index contributed by atoms with van der Waals surface area (Å²) in [5.74, 6) is 0.346. The minimum absolute atomic E-state index is 0.144. The van der Waals surface area contributed by atoms with E-state index in [-0.39, 0.29) is 4.90 Å². The van der Waals surface area contributed by atoms with Gasteiger partial charge in [-0.2, -0.15) is 0 Å². The Balaban J connectivity index is 2.50. The molecule has 0 aromatic heterocycles. The van der Waals surface area contributed by atoms with Crippen molar-refractivity contribution in [2.75, 3.05) is 11.8 Å². The summed E-state index contributed by atoms with van der Waals surface area (Å²) in [5.41, 5.74) is 3.46. The first-order valence-corrected chi connectivity index (χ1v) is 8.63. The third-order valence-corrected chi connectivity index (χ3v) is 4.97. The van der Waals surface area contributed by atoms with Crippen molar-refractivity contribution >= 4 is 15.7 Å². The van der Waals surface area contributed by atoms with Gasteiger partial charge in [0.15, 0.2) is 0 Å². The van der Waals surface area contributed by atoms with Gasteiger partial charge in [0, 0.05) is 0 Å². The van der Waals surface area contributed by atoms with Gasteiger partial charge in [0.1, 0.15) is 10.6 Å². The molecule has 0 aliphatic carbocycles. The SMILES string of the molecule is CCc1cccc(C)c1NS(=O)(=O)c1ccc(C)cc1OC. The minimum Gasteiger partial charge on any atom is -0.495 e. The average molecular weight is 319 g/mol. The predicted molar refractivity (Wildman–Crippen MR) is 89.1 cm³/mol. The van der Waals surface area contributed by atoms with Crippen LogP contribution in [0.3, 0.4) is 0 Å². The number of ether oxygens (including phenoxy) is 1. The van der Waals surface area contributed by atoms with E-state index in [9.17, 15) is 8.42 Å². The maximum absolute atomic E-state index is 12.7. The Morgan fingerprint density at radius 1 is 1.14 bits per heavy atom. The fraction of sp³-hybridized carbons (Fsp3) is 0.294. The second-order valence-electron chi connectivity index (χ2n) is 5.22. The van der Waals surface area contributed by atoms with Crippen LogP contribution in [0.4, 0.5) is 5.69 Å². The Morgan fingerprint density at radius 3 is 2.50 bits per heavy atom. The normalized spacial score (nSPS) is 11.3. The molecule has 2 rings (SSSR count). The molecule has 0 amide bonds. The number of sulfonamides is 1. The Kier molecular flexibility index (Phi) is 4.76. The van der Waals surface area contributed by atoms with Crippen LogP contribution in [-0.2, 0) is 16.4 Å². The summed E-state index contributed by atoms with van der Waals surface area (Å²) >= 11 is 0. The van der Waals surface area contributed by atoms with E-state index in [4.69, 9.17) is 4.74 Å². The molecule has 0 radical (unpaired) electrons. The van der Waals surface area contributed by atoms with Crippen LogP contribution in [0.1, 0.15) is 23.6 Å². The lowest BCUT2D eigenvalue weighted by atomic mass is 10.1. The Bertz CT molecular complexity index is 782. The van der Waals surface area contributed by atoms with Crippen molar-refractivity contribution in [3.8, 4) is 5.75 Å². The number of aryl methyl sites for hydroxylation is 3. The van der Waals surface area contributed by atoms with Crippen molar-refractivity contribution in [3.63, 3.8) is 0 Å². The molecule has 0 aliphatic rings. The van der Waals surface area contributed by atoms with E-state index in [1.54, 1.807) is 18.2 Å². The summed E-state index contributed by atoms with van der Waals surface area (Å²) in [6.07, 6.45) is 0.755. The number of methoxy groups -OCH3 is 1. The molecule has 5 heteroatoms. The fourth-order valence-corrected chi connectivity index (χ4v) is 3.68. The van der Waals surface area contributed by atoms with Crippen molar-refractivity contribution in [3.05, 3.63) is 53.1 Å². The maximum atomic E-state index is 12.7. The van der Waals surface area contributed by atoms with Gasteiger partial charge in [-0.25, -0.2) is 8.42 Å². The summed E-state index contributed by atoms with van der Waals surface area (Å²) < 4.78 is 33.4. The van der Waals surface area contributed by atoms with E-state index < -0.39 is 10.0 Å².